The first-order chi connectivity index (χ1) is 7.63. The number of hydrogen-bond donors (Lipinski definition) is 3. The SMILES string of the molecule is CSCCCNC(=S)NN1CC(=O)NC1=O. The van der Waals surface area contributed by atoms with Gasteiger partial charge in [0, 0.05) is 6.54 Å². The summed E-state index contributed by atoms with van der Waals surface area (Å²) in [5.74, 6) is 0.723. The Balaban J connectivity index is 2.19. The molecular formula is C8H14N4O2S2. The van der Waals surface area contributed by atoms with Gasteiger partial charge in [0.2, 0.25) is 5.91 Å². The van der Waals surface area contributed by atoms with Crippen molar-refractivity contribution in [2.45, 2.75) is 6.42 Å². The summed E-state index contributed by atoms with van der Waals surface area (Å²) < 4.78 is 0. The molecule has 1 saturated heterocycles. The highest BCUT2D eigenvalue weighted by atomic mass is 32.2. The zero-order chi connectivity index (χ0) is 12.0. The molecule has 90 valence electrons. The summed E-state index contributed by atoms with van der Waals surface area (Å²) in [6.45, 7) is 0.738. The monoisotopic (exact) mass is 262 g/mol. The standard InChI is InChI=1S/C8H14N4O2S2/c1-16-4-2-3-9-7(15)11-12-5-6(13)10-8(12)14/h2-5H2,1H3,(H2,9,11,15)(H,10,13,14). The minimum Gasteiger partial charge on any atom is -0.361 e. The van der Waals surface area contributed by atoms with Crippen LogP contribution in [0.5, 0.6) is 0 Å². The number of carbonyl (C=O) groups excluding carboxylic acids is 2. The molecule has 0 aromatic rings. The molecule has 0 aromatic carbocycles. The Morgan fingerprint density at radius 1 is 1.62 bits per heavy atom. The Hall–Kier alpha value is -1.02. The Bertz CT molecular complexity index is 298. The average Bonchev–Trinajstić information content (AvgIpc) is 2.52. The Morgan fingerprint density at radius 2 is 2.38 bits per heavy atom. The van der Waals surface area contributed by atoms with Crippen LogP contribution in [-0.2, 0) is 4.79 Å². The van der Waals surface area contributed by atoms with Gasteiger partial charge >= 0.3 is 6.03 Å². The molecule has 3 amide bonds. The van der Waals surface area contributed by atoms with Crippen molar-refractivity contribution in [3.63, 3.8) is 0 Å². The molecule has 8 heteroatoms. The Labute approximate surface area is 103 Å². The molecule has 0 aromatic heterocycles. The molecule has 6 nitrogen and oxygen atoms in total. The fourth-order valence-electron chi connectivity index (χ4n) is 1.11. The van der Waals surface area contributed by atoms with E-state index in [4.69, 9.17) is 12.2 Å². The molecule has 0 saturated carbocycles. The quantitative estimate of drug-likeness (QED) is 0.358. The predicted molar refractivity (Wildman–Crippen MR) is 67.0 cm³/mol. The molecule has 1 heterocycles. The Morgan fingerprint density at radius 3 is 2.94 bits per heavy atom. The molecule has 1 aliphatic heterocycles. The molecule has 0 atom stereocenters. The molecule has 0 aliphatic carbocycles. The predicted octanol–water partition coefficient (Wildman–Crippen LogP) is -0.330. The van der Waals surface area contributed by atoms with Crippen molar-refractivity contribution in [2.24, 2.45) is 0 Å². The molecule has 3 N–H and O–H groups in total. The highest BCUT2D eigenvalue weighted by Crippen LogP contribution is 1.94. The topological polar surface area (TPSA) is 73.5 Å². The van der Waals surface area contributed by atoms with Gasteiger partial charge in [-0.3, -0.25) is 15.5 Å². The van der Waals surface area contributed by atoms with Gasteiger partial charge < -0.3 is 5.32 Å². The van der Waals surface area contributed by atoms with Gasteiger partial charge in [-0.2, -0.15) is 11.8 Å². The van der Waals surface area contributed by atoms with E-state index in [-0.39, 0.29) is 12.5 Å². The van der Waals surface area contributed by atoms with E-state index in [1.165, 1.54) is 0 Å². The number of hydrogen-bond acceptors (Lipinski definition) is 4. The molecular weight excluding hydrogens is 248 g/mol. The maximum Gasteiger partial charge on any atom is 0.343 e. The van der Waals surface area contributed by atoms with E-state index in [0.29, 0.717) is 5.11 Å². The molecule has 0 unspecified atom stereocenters. The fraction of sp³-hybridized carbons (Fsp3) is 0.625. The minimum atomic E-state index is -0.474. The van der Waals surface area contributed by atoms with E-state index in [2.05, 4.69) is 16.1 Å². The van der Waals surface area contributed by atoms with Crippen molar-refractivity contribution in [3.05, 3.63) is 0 Å². The summed E-state index contributed by atoms with van der Waals surface area (Å²) in [7, 11) is 0. The smallest absolute Gasteiger partial charge is 0.343 e. The number of carbonyl (C=O) groups is 2. The van der Waals surface area contributed by atoms with Crippen LogP contribution in [0.2, 0.25) is 0 Å². The van der Waals surface area contributed by atoms with Crippen LogP contribution >= 0.6 is 24.0 Å². The average molecular weight is 262 g/mol. The largest absolute Gasteiger partial charge is 0.361 e. The molecule has 16 heavy (non-hydrogen) atoms. The second-order valence-electron chi connectivity index (χ2n) is 3.15. The number of thioether (sulfide) groups is 1. The van der Waals surface area contributed by atoms with Crippen molar-refractivity contribution in [1.82, 2.24) is 21.1 Å². The van der Waals surface area contributed by atoms with Crippen LogP contribution in [0.3, 0.4) is 0 Å². The van der Waals surface area contributed by atoms with Gasteiger partial charge in [-0.05, 0) is 30.6 Å². The summed E-state index contributed by atoms with van der Waals surface area (Å²) in [5, 5.41) is 6.60. The number of rotatable bonds is 5. The first-order valence-corrected chi connectivity index (χ1v) is 6.58. The summed E-state index contributed by atoms with van der Waals surface area (Å²) >= 11 is 6.73. The van der Waals surface area contributed by atoms with Crippen molar-refractivity contribution in [1.29, 1.82) is 0 Å². The van der Waals surface area contributed by atoms with Crippen LogP contribution in [-0.4, -0.2) is 47.2 Å². The van der Waals surface area contributed by atoms with E-state index < -0.39 is 6.03 Å². The summed E-state index contributed by atoms with van der Waals surface area (Å²) in [6, 6.07) is -0.474. The van der Waals surface area contributed by atoms with Crippen molar-refractivity contribution in [2.75, 3.05) is 25.1 Å². The zero-order valence-corrected chi connectivity index (χ0v) is 10.5. The van der Waals surface area contributed by atoms with E-state index in [9.17, 15) is 9.59 Å². The number of amides is 3. The number of hydrazine groups is 1. The fourth-order valence-corrected chi connectivity index (χ4v) is 1.76. The highest BCUT2D eigenvalue weighted by Gasteiger charge is 2.27. The number of imide groups is 1. The first-order valence-electron chi connectivity index (χ1n) is 4.78. The van der Waals surface area contributed by atoms with E-state index in [1.807, 2.05) is 6.26 Å². The lowest BCUT2D eigenvalue weighted by Gasteiger charge is -2.17. The van der Waals surface area contributed by atoms with Crippen molar-refractivity contribution < 1.29 is 9.59 Å². The zero-order valence-electron chi connectivity index (χ0n) is 8.91. The van der Waals surface area contributed by atoms with Gasteiger partial charge in [0.15, 0.2) is 5.11 Å². The van der Waals surface area contributed by atoms with Crippen molar-refractivity contribution >= 4 is 41.0 Å². The van der Waals surface area contributed by atoms with Crippen LogP contribution in [0, 0.1) is 0 Å². The second kappa shape index (κ2) is 6.54. The van der Waals surface area contributed by atoms with Gasteiger partial charge in [0.05, 0.1) is 0 Å². The maximum absolute atomic E-state index is 11.1. The van der Waals surface area contributed by atoms with Crippen LogP contribution in [0.1, 0.15) is 6.42 Å². The number of nitrogens with one attached hydrogen (secondary N) is 3. The van der Waals surface area contributed by atoms with Crippen LogP contribution < -0.4 is 16.1 Å². The second-order valence-corrected chi connectivity index (χ2v) is 4.55. The van der Waals surface area contributed by atoms with Gasteiger partial charge in [-0.1, -0.05) is 0 Å². The minimum absolute atomic E-state index is 0.00847. The summed E-state index contributed by atoms with van der Waals surface area (Å²) in [6.07, 6.45) is 3.03. The molecule has 1 rings (SSSR count). The molecule has 1 fully saturated rings. The highest BCUT2D eigenvalue weighted by molar-refractivity contribution is 7.98. The summed E-state index contributed by atoms with van der Waals surface area (Å²) in [4.78, 5) is 22.0. The van der Waals surface area contributed by atoms with Gasteiger partial charge in [-0.25, -0.2) is 9.80 Å². The third-order valence-corrected chi connectivity index (χ3v) is 2.77. The number of nitrogens with zero attached hydrogens (tertiary/aromatic N) is 1. The lowest BCUT2D eigenvalue weighted by molar-refractivity contribution is -0.118. The maximum atomic E-state index is 11.1. The normalized spacial score (nSPS) is 14.9. The van der Waals surface area contributed by atoms with Gasteiger partial charge in [0.1, 0.15) is 6.54 Å². The molecule has 0 spiro atoms. The van der Waals surface area contributed by atoms with Crippen LogP contribution in [0.15, 0.2) is 0 Å². The third-order valence-electron chi connectivity index (χ3n) is 1.84. The molecule has 0 bridgehead atoms. The lowest BCUT2D eigenvalue weighted by atomic mass is 10.5. The molecule has 1 aliphatic rings. The van der Waals surface area contributed by atoms with E-state index >= 15 is 0 Å². The van der Waals surface area contributed by atoms with E-state index in [1.54, 1.807) is 11.8 Å². The van der Waals surface area contributed by atoms with Gasteiger partial charge in [0.25, 0.3) is 0 Å². The van der Waals surface area contributed by atoms with Gasteiger partial charge in [-0.15, -0.1) is 0 Å². The van der Waals surface area contributed by atoms with E-state index in [0.717, 1.165) is 23.7 Å². The van der Waals surface area contributed by atoms with Crippen molar-refractivity contribution in [3.8, 4) is 0 Å². The van der Waals surface area contributed by atoms with Crippen LogP contribution in [0.25, 0.3) is 0 Å². The third kappa shape index (κ3) is 4.23. The number of urea groups is 1. The van der Waals surface area contributed by atoms with Crippen LogP contribution in [0.4, 0.5) is 4.79 Å². The molecule has 0 radical (unpaired) electrons. The first kappa shape index (κ1) is 13.0. The lowest BCUT2D eigenvalue weighted by Crippen LogP contribution is -2.48. The number of thiocarbonyl (C=S) groups is 1. The summed E-state index contributed by atoms with van der Waals surface area (Å²) in [5.41, 5.74) is 2.65. The Kier molecular flexibility index (Phi) is 5.33.